The summed E-state index contributed by atoms with van der Waals surface area (Å²) in [7, 11) is 0. The fourth-order valence-electron chi connectivity index (χ4n) is 3.49. The Hall–Kier alpha value is -2.90. The molecule has 0 spiro atoms. The molecule has 0 saturated carbocycles. The highest BCUT2D eigenvalue weighted by Gasteiger charge is 2.30. The number of furan rings is 1. The van der Waals surface area contributed by atoms with Crippen LogP contribution in [-0.2, 0) is 17.6 Å². The molecule has 0 saturated heterocycles. The number of halogens is 1. The maximum atomic E-state index is 11.4. The lowest BCUT2D eigenvalue weighted by Crippen LogP contribution is -2.06. The summed E-state index contributed by atoms with van der Waals surface area (Å²) in [4.78, 5) is 17.0. The first-order valence-electron chi connectivity index (χ1n) is 8.80. The number of nitrogens with one attached hydrogen (secondary N) is 1. The van der Waals surface area contributed by atoms with Gasteiger partial charge in [-0.25, -0.2) is 9.67 Å². The molecule has 0 bridgehead atoms. The van der Waals surface area contributed by atoms with Crippen LogP contribution in [0.15, 0.2) is 47.1 Å². The van der Waals surface area contributed by atoms with Crippen LogP contribution in [0.4, 0.5) is 5.13 Å². The van der Waals surface area contributed by atoms with Gasteiger partial charge in [0.2, 0.25) is 5.91 Å². The van der Waals surface area contributed by atoms with Crippen LogP contribution >= 0.6 is 22.9 Å². The van der Waals surface area contributed by atoms with Crippen LogP contribution in [0.5, 0.6) is 0 Å². The lowest BCUT2D eigenvalue weighted by molar-refractivity contribution is -0.114. The van der Waals surface area contributed by atoms with Gasteiger partial charge in [-0.1, -0.05) is 35.1 Å². The van der Waals surface area contributed by atoms with E-state index < -0.39 is 0 Å². The molecule has 1 N–H and O–H groups in total. The SMILES string of the molecule is CC(=O)Nc1nc2c(s1)-c1nn(-c3ccccc3Cl)c(-c3ccco3)c1CC2. The first kappa shape index (κ1) is 17.2. The lowest BCUT2D eigenvalue weighted by Gasteiger charge is -2.11. The second-order valence-corrected chi connectivity index (χ2v) is 7.90. The lowest BCUT2D eigenvalue weighted by atomic mass is 9.97. The van der Waals surface area contributed by atoms with E-state index in [0.717, 1.165) is 51.8 Å². The number of carbonyl (C=O) groups excluding carboxylic acids is 1. The third-order valence-electron chi connectivity index (χ3n) is 4.63. The molecule has 0 unspecified atom stereocenters. The average molecular weight is 411 g/mol. The Kier molecular flexibility index (Phi) is 4.07. The highest BCUT2D eigenvalue weighted by atomic mass is 35.5. The third-order valence-corrected chi connectivity index (χ3v) is 5.97. The van der Waals surface area contributed by atoms with Crippen LogP contribution in [0.3, 0.4) is 0 Å². The van der Waals surface area contributed by atoms with Gasteiger partial charge >= 0.3 is 0 Å². The maximum absolute atomic E-state index is 11.4. The van der Waals surface area contributed by atoms with Crippen molar-refractivity contribution in [1.29, 1.82) is 0 Å². The monoisotopic (exact) mass is 410 g/mol. The number of hydrogen-bond donors (Lipinski definition) is 1. The Morgan fingerprint density at radius 3 is 2.86 bits per heavy atom. The number of hydrogen-bond acceptors (Lipinski definition) is 5. The summed E-state index contributed by atoms with van der Waals surface area (Å²) in [6.07, 6.45) is 3.22. The minimum Gasteiger partial charge on any atom is -0.463 e. The molecule has 6 nitrogen and oxygen atoms in total. The van der Waals surface area contributed by atoms with E-state index in [1.54, 1.807) is 6.26 Å². The van der Waals surface area contributed by atoms with Crippen molar-refractivity contribution in [3.63, 3.8) is 0 Å². The number of benzene rings is 1. The number of fused-ring (bicyclic) bond motifs is 3. The third kappa shape index (κ3) is 2.75. The molecule has 3 heterocycles. The second kappa shape index (κ2) is 6.61. The minimum absolute atomic E-state index is 0.135. The van der Waals surface area contributed by atoms with E-state index in [4.69, 9.17) is 21.1 Å². The van der Waals surface area contributed by atoms with Crippen molar-refractivity contribution in [2.24, 2.45) is 0 Å². The van der Waals surface area contributed by atoms with Crippen LogP contribution in [0.25, 0.3) is 27.7 Å². The van der Waals surface area contributed by atoms with Gasteiger partial charge in [0.05, 0.1) is 27.5 Å². The van der Waals surface area contributed by atoms with Crippen LogP contribution < -0.4 is 5.32 Å². The largest absolute Gasteiger partial charge is 0.463 e. The van der Waals surface area contributed by atoms with E-state index in [1.165, 1.54) is 18.3 Å². The predicted octanol–water partition coefficient (Wildman–Crippen LogP) is 4.97. The number of rotatable bonds is 3. The Morgan fingerprint density at radius 1 is 1.25 bits per heavy atom. The summed E-state index contributed by atoms with van der Waals surface area (Å²) in [5.41, 5.74) is 4.60. The minimum atomic E-state index is -0.135. The molecule has 28 heavy (non-hydrogen) atoms. The zero-order valence-corrected chi connectivity index (χ0v) is 16.5. The molecule has 5 rings (SSSR count). The van der Waals surface area contributed by atoms with Crippen molar-refractivity contribution >= 4 is 34.0 Å². The molecule has 1 aliphatic rings. The van der Waals surface area contributed by atoms with Crippen molar-refractivity contribution in [1.82, 2.24) is 14.8 Å². The Balaban J connectivity index is 1.74. The Labute approximate surface area is 169 Å². The van der Waals surface area contributed by atoms with Crippen molar-refractivity contribution in [3.8, 4) is 27.7 Å². The average Bonchev–Trinajstić information content (AvgIpc) is 3.38. The molecule has 8 heteroatoms. The topological polar surface area (TPSA) is 73.0 Å². The Morgan fingerprint density at radius 2 is 2.11 bits per heavy atom. The van der Waals surface area contributed by atoms with E-state index in [1.807, 2.05) is 41.1 Å². The number of nitrogens with zero attached hydrogens (tertiary/aromatic N) is 3. The van der Waals surface area contributed by atoms with E-state index in [9.17, 15) is 4.79 Å². The molecule has 140 valence electrons. The summed E-state index contributed by atoms with van der Waals surface area (Å²) >= 11 is 7.91. The van der Waals surface area contributed by atoms with Crippen molar-refractivity contribution in [3.05, 3.63) is 58.9 Å². The van der Waals surface area contributed by atoms with Crippen LogP contribution in [0.1, 0.15) is 18.2 Å². The smallest absolute Gasteiger partial charge is 0.223 e. The zero-order valence-electron chi connectivity index (χ0n) is 14.9. The van der Waals surface area contributed by atoms with Gasteiger partial charge in [-0.05, 0) is 37.1 Å². The first-order chi connectivity index (χ1) is 13.6. The summed E-state index contributed by atoms with van der Waals surface area (Å²) in [5.74, 6) is 0.605. The molecule has 3 aromatic heterocycles. The number of aromatic nitrogens is 3. The molecule has 0 fully saturated rings. The summed E-state index contributed by atoms with van der Waals surface area (Å²) in [5, 5.41) is 8.88. The van der Waals surface area contributed by atoms with Gasteiger partial charge in [-0.15, -0.1) is 0 Å². The van der Waals surface area contributed by atoms with Gasteiger partial charge in [-0.3, -0.25) is 4.79 Å². The molecule has 1 aliphatic carbocycles. The van der Waals surface area contributed by atoms with Gasteiger partial charge in [0.15, 0.2) is 10.9 Å². The molecule has 1 aromatic carbocycles. The van der Waals surface area contributed by atoms with Gasteiger partial charge in [-0.2, -0.15) is 5.10 Å². The zero-order chi connectivity index (χ0) is 19.3. The second-order valence-electron chi connectivity index (χ2n) is 6.49. The summed E-state index contributed by atoms with van der Waals surface area (Å²) in [6.45, 7) is 1.48. The molecular formula is C20H15ClN4O2S. The quantitative estimate of drug-likeness (QED) is 0.517. The number of para-hydroxylation sites is 1. The van der Waals surface area contributed by atoms with E-state index >= 15 is 0 Å². The van der Waals surface area contributed by atoms with Crippen LogP contribution in [-0.4, -0.2) is 20.7 Å². The fourth-order valence-corrected chi connectivity index (χ4v) is 4.77. The van der Waals surface area contributed by atoms with Crippen LogP contribution in [0, 0.1) is 0 Å². The highest BCUT2D eigenvalue weighted by molar-refractivity contribution is 7.19. The Bertz CT molecular complexity index is 1190. The van der Waals surface area contributed by atoms with Gasteiger partial charge in [0, 0.05) is 12.5 Å². The molecule has 0 atom stereocenters. The van der Waals surface area contributed by atoms with Gasteiger partial charge in [0.1, 0.15) is 11.4 Å². The standard InChI is InChI=1S/C20H15ClN4O2S/c1-11(26)22-20-23-14-9-8-12-17(19(14)28-20)24-25(15-6-3-2-5-13(15)21)18(12)16-7-4-10-27-16/h2-7,10H,8-9H2,1H3,(H,22,23,26). The maximum Gasteiger partial charge on any atom is 0.223 e. The molecule has 4 aromatic rings. The fraction of sp³-hybridized carbons (Fsp3) is 0.150. The molecule has 0 radical (unpaired) electrons. The summed E-state index contributed by atoms with van der Waals surface area (Å²) in [6, 6.07) is 11.4. The predicted molar refractivity (Wildman–Crippen MR) is 109 cm³/mol. The summed E-state index contributed by atoms with van der Waals surface area (Å²) < 4.78 is 7.56. The van der Waals surface area contributed by atoms with E-state index in [-0.39, 0.29) is 5.91 Å². The normalized spacial score (nSPS) is 12.5. The number of aryl methyl sites for hydroxylation is 1. The molecular weight excluding hydrogens is 396 g/mol. The van der Waals surface area contributed by atoms with Crippen molar-refractivity contribution < 1.29 is 9.21 Å². The number of anilines is 1. The van der Waals surface area contributed by atoms with Crippen molar-refractivity contribution in [2.45, 2.75) is 19.8 Å². The van der Waals surface area contributed by atoms with Crippen molar-refractivity contribution in [2.75, 3.05) is 5.32 Å². The highest BCUT2D eigenvalue weighted by Crippen LogP contribution is 2.44. The van der Waals surface area contributed by atoms with E-state index in [2.05, 4.69) is 10.3 Å². The van der Waals surface area contributed by atoms with Crippen LogP contribution in [0.2, 0.25) is 5.02 Å². The van der Waals surface area contributed by atoms with Gasteiger partial charge < -0.3 is 9.73 Å². The number of carbonyl (C=O) groups is 1. The number of amides is 1. The number of thiazole rings is 1. The van der Waals surface area contributed by atoms with Gasteiger partial charge in [0.25, 0.3) is 0 Å². The molecule has 1 amide bonds. The first-order valence-corrected chi connectivity index (χ1v) is 9.99. The van der Waals surface area contributed by atoms with E-state index in [0.29, 0.717) is 10.2 Å². The molecule has 0 aliphatic heterocycles.